The number of carbonyl (C=O) groups is 3. The number of aryl methyl sites for hydroxylation is 1. The second kappa shape index (κ2) is 14.1. The molecule has 1 aliphatic heterocycles. The van der Waals surface area contributed by atoms with E-state index in [2.05, 4.69) is 0 Å². The zero-order valence-corrected chi connectivity index (χ0v) is 24.0. The molecule has 0 spiro atoms. The summed E-state index contributed by atoms with van der Waals surface area (Å²) in [6, 6.07) is 32.1. The second-order valence-corrected chi connectivity index (χ2v) is 11.0. The highest BCUT2D eigenvalue weighted by Crippen LogP contribution is 2.34. The Hall–Kier alpha value is -4.47. The van der Waals surface area contributed by atoms with Crippen molar-refractivity contribution >= 4 is 29.7 Å². The molecule has 1 fully saturated rings. The highest BCUT2D eigenvalue weighted by Gasteiger charge is 2.53. The van der Waals surface area contributed by atoms with Gasteiger partial charge in [0.1, 0.15) is 6.10 Å². The van der Waals surface area contributed by atoms with Gasteiger partial charge in [-0.05, 0) is 55.5 Å². The van der Waals surface area contributed by atoms with Crippen molar-refractivity contribution < 1.29 is 37.7 Å². The predicted molar refractivity (Wildman–Crippen MR) is 159 cm³/mol. The molecule has 1 saturated heterocycles. The SMILES string of the molecule is Cc1ccc(SC[C@H]2O[C@@H](F)[C@H](OC(=O)c3ccccc3)[C@@H](OC(=O)c3ccccc3)[C@H]2OC(=O)c2ccccc2)cc1. The van der Waals surface area contributed by atoms with Gasteiger partial charge >= 0.3 is 17.9 Å². The van der Waals surface area contributed by atoms with Gasteiger partial charge in [0.25, 0.3) is 0 Å². The maximum absolute atomic E-state index is 15.8. The van der Waals surface area contributed by atoms with Crippen LogP contribution in [0.4, 0.5) is 4.39 Å². The van der Waals surface area contributed by atoms with E-state index in [1.807, 2.05) is 31.2 Å². The van der Waals surface area contributed by atoms with Crippen LogP contribution in [0.15, 0.2) is 120 Å². The lowest BCUT2D eigenvalue weighted by Crippen LogP contribution is -2.61. The normalized spacial score (nSPS) is 21.4. The number of alkyl halides is 1. The second-order valence-electron chi connectivity index (χ2n) is 9.86. The molecule has 1 heterocycles. The minimum absolute atomic E-state index is 0.148. The predicted octanol–water partition coefficient (Wildman–Crippen LogP) is 6.46. The zero-order chi connectivity index (χ0) is 30.2. The molecule has 5 atom stereocenters. The molecule has 0 N–H and O–H groups in total. The average Bonchev–Trinajstić information content (AvgIpc) is 3.04. The number of thioether (sulfide) groups is 1. The minimum atomic E-state index is -2.18. The van der Waals surface area contributed by atoms with Crippen molar-refractivity contribution in [3.05, 3.63) is 138 Å². The van der Waals surface area contributed by atoms with Crippen molar-refractivity contribution in [2.24, 2.45) is 0 Å². The molecule has 0 radical (unpaired) electrons. The largest absolute Gasteiger partial charge is 0.452 e. The molecule has 4 aromatic carbocycles. The van der Waals surface area contributed by atoms with Crippen LogP contribution in [-0.4, -0.2) is 54.4 Å². The van der Waals surface area contributed by atoms with Gasteiger partial charge in [-0.2, -0.15) is 0 Å². The van der Waals surface area contributed by atoms with E-state index in [0.717, 1.165) is 10.5 Å². The third-order valence-electron chi connectivity index (χ3n) is 6.77. The first-order valence-electron chi connectivity index (χ1n) is 13.7. The standard InChI is InChI=1S/C34H29FO7S/c1-22-17-19-26(20-18-22)43-21-27-28(40-32(36)23-11-5-2-6-12-23)29(41-33(37)24-13-7-3-8-14-24)30(31(35)39-27)42-34(38)25-15-9-4-10-16-25/h2-20,27-31H,21H2,1H3/t27-,28+,29+,30-,31-/m1/s1. The monoisotopic (exact) mass is 600 g/mol. The third kappa shape index (κ3) is 7.68. The van der Waals surface area contributed by atoms with E-state index in [1.165, 1.54) is 36.0 Å². The third-order valence-corrected chi connectivity index (χ3v) is 7.87. The van der Waals surface area contributed by atoms with E-state index in [4.69, 9.17) is 18.9 Å². The highest BCUT2D eigenvalue weighted by atomic mass is 32.2. The summed E-state index contributed by atoms with van der Waals surface area (Å²) in [5, 5.41) is 0. The zero-order valence-electron chi connectivity index (χ0n) is 23.2. The van der Waals surface area contributed by atoms with Gasteiger partial charge in [-0.25, -0.2) is 18.8 Å². The Morgan fingerprint density at radius 1 is 0.628 bits per heavy atom. The lowest BCUT2D eigenvalue weighted by Gasteiger charge is -2.42. The van der Waals surface area contributed by atoms with Crippen LogP contribution in [0.3, 0.4) is 0 Å². The number of esters is 3. The van der Waals surface area contributed by atoms with Gasteiger partial charge in [-0.15, -0.1) is 11.8 Å². The lowest BCUT2D eigenvalue weighted by atomic mass is 9.98. The lowest BCUT2D eigenvalue weighted by molar-refractivity contribution is -0.250. The van der Waals surface area contributed by atoms with Crippen LogP contribution in [0.5, 0.6) is 0 Å². The number of carbonyl (C=O) groups excluding carboxylic acids is 3. The smallest absolute Gasteiger partial charge is 0.338 e. The molecule has 0 saturated carbocycles. The molecule has 0 aliphatic carbocycles. The summed E-state index contributed by atoms with van der Waals surface area (Å²) in [5.41, 5.74) is 1.67. The fourth-order valence-electron chi connectivity index (χ4n) is 4.51. The average molecular weight is 601 g/mol. The molecular formula is C34H29FO7S. The first kappa shape index (κ1) is 30.0. The molecule has 9 heteroatoms. The van der Waals surface area contributed by atoms with Gasteiger partial charge in [0.2, 0.25) is 6.36 Å². The molecule has 0 bridgehead atoms. The Morgan fingerprint density at radius 2 is 1.05 bits per heavy atom. The number of ether oxygens (including phenoxy) is 4. The molecular weight excluding hydrogens is 571 g/mol. The van der Waals surface area contributed by atoms with E-state index in [0.29, 0.717) is 0 Å². The maximum Gasteiger partial charge on any atom is 0.338 e. The van der Waals surface area contributed by atoms with E-state index in [9.17, 15) is 14.4 Å². The topological polar surface area (TPSA) is 88.1 Å². The maximum atomic E-state index is 15.8. The summed E-state index contributed by atoms with van der Waals surface area (Å²) in [5.74, 6) is -2.23. The summed E-state index contributed by atoms with van der Waals surface area (Å²) in [6.07, 6.45) is -7.82. The van der Waals surface area contributed by atoms with E-state index >= 15 is 4.39 Å². The van der Waals surface area contributed by atoms with Gasteiger partial charge in [-0.3, -0.25) is 0 Å². The Morgan fingerprint density at radius 3 is 1.51 bits per heavy atom. The van der Waals surface area contributed by atoms with Crippen molar-refractivity contribution in [2.75, 3.05) is 5.75 Å². The summed E-state index contributed by atoms with van der Waals surface area (Å²) in [6.45, 7) is 1.97. The van der Waals surface area contributed by atoms with E-state index < -0.39 is 48.7 Å². The van der Waals surface area contributed by atoms with Gasteiger partial charge in [0.05, 0.1) is 16.7 Å². The molecule has 0 aromatic heterocycles. The quantitative estimate of drug-likeness (QED) is 0.123. The van der Waals surface area contributed by atoms with Crippen molar-refractivity contribution in [3.63, 3.8) is 0 Å². The summed E-state index contributed by atoms with van der Waals surface area (Å²) >= 11 is 1.36. The molecule has 4 aromatic rings. The van der Waals surface area contributed by atoms with Crippen LogP contribution in [0, 0.1) is 6.92 Å². The van der Waals surface area contributed by atoms with Gasteiger partial charge in [0, 0.05) is 10.6 Å². The number of hydrogen-bond acceptors (Lipinski definition) is 8. The van der Waals surface area contributed by atoms with E-state index in [1.54, 1.807) is 66.7 Å². The van der Waals surface area contributed by atoms with Crippen LogP contribution >= 0.6 is 11.8 Å². The summed E-state index contributed by atoms with van der Waals surface area (Å²) < 4.78 is 38.9. The van der Waals surface area contributed by atoms with Crippen molar-refractivity contribution in [2.45, 2.75) is 42.6 Å². The van der Waals surface area contributed by atoms with Crippen molar-refractivity contribution in [1.29, 1.82) is 0 Å². The molecule has 220 valence electrons. The molecule has 1 aliphatic rings. The number of hydrogen-bond donors (Lipinski definition) is 0. The minimum Gasteiger partial charge on any atom is -0.452 e. The fourth-order valence-corrected chi connectivity index (χ4v) is 5.47. The van der Waals surface area contributed by atoms with Gasteiger partial charge < -0.3 is 18.9 Å². The summed E-state index contributed by atoms with van der Waals surface area (Å²) in [7, 11) is 0. The first-order chi connectivity index (χ1) is 20.9. The molecule has 5 rings (SSSR count). The van der Waals surface area contributed by atoms with Gasteiger partial charge in [-0.1, -0.05) is 72.3 Å². The highest BCUT2D eigenvalue weighted by molar-refractivity contribution is 7.99. The first-order valence-corrected chi connectivity index (χ1v) is 14.6. The summed E-state index contributed by atoms with van der Waals surface area (Å²) in [4.78, 5) is 40.5. The Bertz CT molecular complexity index is 1520. The molecule has 0 amide bonds. The van der Waals surface area contributed by atoms with Crippen molar-refractivity contribution in [1.82, 2.24) is 0 Å². The molecule has 43 heavy (non-hydrogen) atoms. The van der Waals surface area contributed by atoms with Crippen LogP contribution in [0.2, 0.25) is 0 Å². The number of rotatable bonds is 9. The van der Waals surface area contributed by atoms with Crippen LogP contribution in [0.25, 0.3) is 0 Å². The van der Waals surface area contributed by atoms with Crippen molar-refractivity contribution in [3.8, 4) is 0 Å². The van der Waals surface area contributed by atoms with Crippen LogP contribution in [-0.2, 0) is 18.9 Å². The number of benzene rings is 4. The Labute approximate surface area is 252 Å². The van der Waals surface area contributed by atoms with E-state index in [-0.39, 0.29) is 22.4 Å². The van der Waals surface area contributed by atoms with Crippen LogP contribution in [0.1, 0.15) is 36.6 Å². The van der Waals surface area contributed by atoms with Crippen LogP contribution < -0.4 is 0 Å². The number of halogens is 1. The Kier molecular flexibility index (Phi) is 9.86. The molecule has 0 unspecified atom stereocenters. The Balaban J connectivity index is 1.48. The van der Waals surface area contributed by atoms with Gasteiger partial charge in [0.15, 0.2) is 18.3 Å². The fraction of sp³-hybridized carbons (Fsp3) is 0.206. The molecule has 7 nitrogen and oxygen atoms in total.